The Morgan fingerprint density at radius 2 is 2.13 bits per heavy atom. The molecule has 0 saturated heterocycles. The summed E-state index contributed by atoms with van der Waals surface area (Å²) in [5.74, 6) is 3.20. The molecule has 1 aliphatic rings. The van der Waals surface area contributed by atoms with Gasteiger partial charge in [-0.1, -0.05) is 13.8 Å². The van der Waals surface area contributed by atoms with E-state index in [-0.39, 0.29) is 5.92 Å². The molecule has 1 aliphatic carbocycles. The summed E-state index contributed by atoms with van der Waals surface area (Å²) in [7, 11) is 0. The van der Waals surface area contributed by atoms with E-state index in [1.165, 1.54) is 6.39 Å². The zero-order valence-electron chi connectivity index (χ0n) is 13.5. The summed E-state index contributed by atoms with van der Waals surface area (Å²) in [5.41, 5.74) is 2.80. The number of hydrogen-bond acceptors (Lipinski definition) is 5. The fourth-order valence-electron chi connectivity index (χ4n) is 2.70. The number of rotatable bonds is 4. The van der Waals surface area contributed by atoms with Gasteiger partial charge in [0.2, 0.25) is 0 Å². The minimum Gasteiger partial charge on any atom is -0.447 e. The molecule has 0 atom stereocenters. The average Bonchev–Trinajstić information content (AvgIpc) is 3.11. The lowest BCUT2D eigenvalue weighted by atomic mass is 10.1. The lowest BCUT2D eigenvalue weighted by molar-refractivity contribution is 0.483. The van der Waals surface area contributed by atoms with E-state index in [2.05, 4.69) is 23.8 Å². The molecule has 0 radical (unpaired) electrons. The molecule has 0 unspecified atom stereocenters. The van der Waals surface area contributed by atoms with Crippen molar-refractivity contribution in [3.05, 3.63) is 42.0 Å². The van der Waals surface area contributed by atoms with Gasteiger partial charge in [-0.05, 0) is 31.4 Å². The summed E-state index contributed by atoms with van der Waals surface area (Å²) in [6.07, 6.45) is 7.42. The first-order valence-corrected chi connectivity index (χ1v) is 7.97. The third kappa shape index (κ3) is 2.44. The number of nitrogens with zero attached hydrogens (tertiary/aromatic N) is 5. The Kier molecular flexibility index (Phi) is 3.25. The van der Waals surface area contributed by atoms with Crippen LogP contribution in [0.4, 0.5) is 0 Å². The van der Waals surface area contributed by atoms with Crippen LogP contribution in [0.2, 0.25) is 0 Å². The van der Waals surface area contributed by atoms with Crippen molar-refractivity contribution in [2.45, 2.75) is 45.4 Å². The van der Waals surface area contributed by atoms with Gasteiger partial charge in [0.1, 0.15) is 11.5 Å². The Labute approximate surface area is 134 Å². The number of hydrogen-bond donors (Lipinski definition) is 0. The monoisotopic (exact) mass is 309 g/mol. The van der Waals surface area contributed by atoms with E-state index in [1.807, 2.05) is 23.9 Å². The Morgan fingerprint density at radius 1 is 1.30 bits per heavy atom. The highest BCUT2D eigenvalue weighted by Crippen LogP contribution is 2.40. The molecule has 1 fully saturated rings. The van der Waals surface area contributed by atoms with Crippen LogP contribution in [0, 0.1) is 6.92 Å². The predicted molar refractivity (Wildman–Crippen MR) is 85.5 cm³/mol. The molecule has 0 aliphatic heterocycles. The molecule has 3 aromatic rings. The van der Waals surface area contributed by atoms with Crippen molar-refractivity contribution < 1.29 is 4.42 Å². The highest BCUT2D eigenvalue weighted by Gasteiger charge is 2.31. The first-order chi connectivity index (χ1) is 11.1. The molecule has 23 heavy (non-hydrogen) atoms. The fraction of sp³-hybridized carbons (Fsp3) is 0.412. The van der Waals surface area contributed by atoms with E-state index < -0.39 is 0 Å². The summed E-state index contributed by atoms with van der Waals surface area (Å²) in [6.45, 7) is 6.20. The van der Waals surface area contributed by atoms with E-state index in [9.17, 15) is 0 Å². The second-order valence-electron chi connectivity index (χ2n) is 6.36. The Hall–Kier alpha value is -2.50. The molecule has 0 N–H and O–H groups in total. The number of aromatic nitrogens is 5. The van der Waals surface area contributed by atoms with Crippen LogP contribution in [-0.4, -0.2) is 24.7 Å². The Bertz CT molecular complexity index is 844. The first kappa shape index (κ1) is 14.1. The van der Waals surface area contributed by atoms with Gasteiger partial charge in [0.05, 0.1) is 5.69 Å². The lowest BCUT2D eigenvalue weighted by Crippen LogP contribution is -2.04. The van der Waals surface area contributed by atoms with Crippen LogP contribution in [0.1, 0.15) is 55.7 Å². The van der Waals surface area contributed by atoms with Crippen LogP contribution >= 0.6 is 0 Å². The molecule has 3 aromatic heterocycles. The second-order valence-corrected chi connectivity index (χ2v) is 6.36. The van der Waals surface area contributed by atoms with Crippen molar-refractivity contribution in [2.24, 2.45) is 0 Å². The van der Waals surface area contributed by atoms with E-state index in [1.54, 1.807) is 6.20 Å². The fourth-order valence-corrected chi connectivity index (χ4v) is 2.70. The zero-order chi connectivity index (χ0) is 16.0. The van der Waals surface area contributed by atoms with E-state index in [0.717, 1.165) is 47.2 Å². The predicted octanol–water partition coefficient (Wildman–Crippen LogP) is 3.63. The molecule has 6 nitrogen and oxygen atoms in total. The van der Waals surface area contributed by atoms with Gasteiger partial charge in [0, 0.05) is 24.2 Å². The summed E-state index contributed by atoms with van der Waals surface area (Å²) < 4.78 is 7.47. The minimum atomic E-state index is 0.237. The third-order valence-electron chi connectivity index (χ3n) is 4.12. The van der Waals surface area contributed by atoms with Crippen LogP contribution in [0.3, 0.4) is 0 Å². The first-order valence-electron chi connectivity index (χ1n) is 7.97. The van der Waals surface area contributed by atoms with Crippen molar-refractivity contribution in [3.8, 4) is 17.2 Å². The van der Waals surface area contributed by atoms with Gasteiger partial charge in [-0.3, -0.25) is 4.98 Å². The molecule has 3 heterocycles. The van der Waals surface area contributed by atoms with Crippen LogP contribution in [0.15, 0.2) is 29.3 Å². The lowest BCUT2D eigenvalue weighted by Gasteiger charge is -2.08. The maximum absolute atomic E-state index is 5.58. The topological polar surface area (TPSA) is 69.6 Å². The van der Waals surface area contributed by atoms with Gasteiger partial charge < -0.3 is 4.42 Å². The molecule has 0 aromatic carbocycles. The summed E-state index contributed by atoms with van der Waals surface area (Å²) in [6, 6.07) is 1.96. The number of aryl methyl sites for hydroxylation is 1. The van der Waals surface area contributed by atoms with Crippen LogP contribution in [0.25, 0.3) is 17.2 Å². The van der Waals surface area contributed by atoms with Crippen LogP contribution < -0.4 is 0 Å². The standard InChI is InChI=1S/C17H19N5O/c1-10(2)15-14(19-9-23-15)17-20-16(12-4-5-12)21-22(17)13-6-7-18-8-11(13)3/h6-10,12H,4-5H2,1-3H3. The van der Waals surface area contributed by atoms with E-state index >= 15 is 0 Å². The largest absolute Gasteiger partial charge is 0.447 e. The molecule has 0 spiro atoms. The Morgan fingerprint density at radius 3 is 2.83 bits per heavy atom. The van der Waals surface area contributed by atoms with E-state index in [4.69, 9.17) is 14.5 Å². The molecule has 4 rings (SSSR count). The molecule has 0 amide bonds. The zero-order valence-corrected chi connectivity index (χ0v) is 13.5. The number of oxazole rings is 1. The van der Waals surface area contributed by atoms with Crippen LogP contribution in [-0.2, 0) is 0 Å². The second kappa shape index (κ2) is 5.30. The maximum atomic E-state index is 5.58. The highest BCUT2D eigenvalue weighted by atomic mass is 16.3. The van der Waals surface area contributed by atoms with Gasteiger partial charge >= 0.3 is 0 Å². The molecular weight excluding hydrogens is 290 g/mol. The maximum Gasteiger partial charge on any atom is 0.185 e. The SMILES string of the molecule is Cc1cnccc1-n1nc(C2CC2)nc1-c1ncoc1C(C)C. The van der Waals surface area contributed by atoms with Gasteiger partial charge in [-0.2, -0.15) is 5.10 Å². The normalized spacial score (nSPS) is 14.6. The summed E-state index contributed by atoms with van der Waals surface area (Å²) in [4.78, 5) is 13.4. The van der Waals surface area contributed by atoms with Crippen molar-refractivity contribution in [2.75, 3.05) is 0 Å². The van der Waals surface area contributed by atoms with E-state index in [0.29, 0.717) is 5.92 Å². The van der Waals surface area contributed by atoms with Gasteiger partial charge in [0.25, 0.3) is 0 Å². The smallest absolute Gasteiger partial charge is 0.185 e. The average molecular weight is 309 g/mol. The minimum absolute atomic E-state index is 0.237. The van der Waals surface area contributed by atoms with Crippen molar-refractivity contribution in [1.29, 1.82) is 0 Å². The quantitative estimate of drug-likeness (QED) is 0.736. The van der Waals surface area contributed by atoms with Crippen LogP contribution in [0.5, 0.6) is 0 Å². The number of pyridine rings is 1. The van der Waals surface area contributed by atoms with Crippen molar-refractivity contribution >= 4 is 0 Å². The van der Waals surface area contributed by atoms with Gasteiger partial charge in [-0.25, -0.2) is 14.6 Å². The molecule has 0 bridgehead atoms. The van der Waals surface area contributed by atoms with Gasteiger partial charge in [0.15, 0.2) is 18.0 Å². The molecule has 6 heteroatoms. The third-order valence-corrected chi connectivity index (χ3v) is 4.12. The summed E-state index contributed by atoms with van der Waals surface area (Å²) in [5, 5.41) is 4.76. The molecule has 1 saturated carbocycles. The highest BCUT2D eigenvalue weighted by molar-refractivity contribution is 5.57. The van der Waals surface area contributed by atoms with Gasteiger partial charge in [-0.15, -0.1) is 0 Å². The van der Waals surface area contributed by atoms with Crippen molar-refractivity contribution in [3.63, 3.8) is 0 Å². The molecule has 118 valence electrons. The molecular formula is C17H19N5O. The van der Waals surface area contributed by atoms with Crippen molar-refractivity contribution in [1.82, 2.24) is 24.7 Å². The summed E-state index contributed by atoms with van der Waals surface area (Å²) >= 11 is 0. The Balaban J connectivity index is 1.92.